The number of nitrogens with zero attached hydrogens (tertiary/aromatic N) is 1. The highest BCUT2D eigenvalue weighted by molar-refractivity contribution is 5.19. The molecule has 0 atom stereocenters. The van der Waals surface area contributed by atoms with E-state index in [4.69, 9.17) is 10.00 Å². The number of unbranched alkanes of at least 4 members (excludes halogenated alkanes) is 2. The van der Waals surface area contributed by atoms with Gasteiger partial charge in [0.05, 0.1) is 6.10 Å². The molecule has 2 fully saturated rings. The molecule has 0 amide bonds. The lowest BCUT2D eigenvalue weighted by Crippen LogP contribution is -2.25. The fraction of sp³-hybridized carbons (Fsp3) is 0.783. The third-order valence-electron chi connectivity index (χ3n) is 6.20. The Hall–Kier alpha value is -1.14. The van der Waals surface area contributed by atoms with E-state index in [2.05, 4.69) is 6.92 Å². The minimum Gasteiger partial charge on any atom is -0.378 e. The van der Waals surface area contributed by atoms with Gasteiger partial charge in [0.1, 0.15) is 6.07 Å². The molecule has 0 saturated heterocycles. The SMILES string of the molecule is CCCCCC1CCC(COC2CCC(/C=C/C=C(\F)C#N)CC2)CC1. The van der Waals surface area contributed by atoms with E-state index in [1.807, 2.05) is 6.08 Å². The molecule has 0 heterocycles. The fourth-order valence-electron chi connectivity index (χ4n) is 4.42. The molecule has 0 bridgehead atoms. The Bertz CT molecular complexity index is 477. The van der Waals surface area contributed by atoms with Crippen LogP contribution in [0, 0.1) is 29.1 Å². The standard InChI is InChI=1S/C23H36FNO/c1-2-3-4-6-19-9-11-21(12-10-19)18-26-23-15-13-20(14-16-23)7-5-8-22(24)17-25/h5,7-8,19-21,23H,2-4,6,9-16,18H2,1H3/b7-5+,22-8-. The predicted molar refractivity (Wildman–Crippen MR) is 105 cm³/mol. The van der Waals surface area contributed by atoms with Crippen molar-refractivity contribution in [3.8, 4) is 6.07 Å². The molecule has 0 aliphatic heterocycles. The summed E-state index contributed by atoms with van der Waals surface area (Å²) in [7, 11) is 0. The van der Waals surface area contributed by atoms with Gasteiger partial charge in [0.2, 0.25) is 0 Å². The van der Waals surface area contributed by atoms with Crippen molar-refractivity contribution in [3.05, 3.63) is 24.1 Å². The molecule has 0 radical (unpaired) electrons. The van der Waals surface area contributed by atoms with Crippen molar-refractivity contribution >= 4 is 0 Å². The van der Waals surface area contributed by atoms with Crippen molar-refractivity contribution in [3.63, 3.8) is 0 Å². The van der Waals surface area contributed by atoms with E-state index < -0.39 is 5.83 Å². The van der Waals surface area contributed by atoms with Crippen LogP contribution in [0.5, 0.6) is 0 Å². The highest BCUT2D eigenvalue weighted by Gasteiger charge is 2.24. The second kappa shape index (κ2) is 12.3. The number of allylic oxidation sites excluding steroid dienone is 4. The summed E-state index contributed by atoms with van der Waals surface area (Å²) >= 11 is 0. The smallest absolute Gasteiger partial charge is 0.199 e. The van der Waals surface area contributed by atoms with E-state index >= 15 is 0 Å². The van der Waals surface area contributed by atoms with Crippen LogP contribution in [0.1, 0.15) is 84.0 Å². The third kappa shape index (κ3) is 8.04. The quantitative estimate of drug-likeness (QED) is 0.255. The summed E-state index contributed by atoms with van der Waals surface area (Å²) in [6, 6.07) is 1.50. The molecule has 0 unspecified atom stereocenters. The average Bonchev–Trinajstić information content (AvgIpc) is 2.68. The number of ether oxygens (including phenoxy) is 1. The zero-order valence-electron chi connectivity index (χ0n) is 16.5. The molecule has 0 spiro atoms. The van der Waals surface area contributed by atoms with Gasteiger partial charge in [-0.15, -0.1) is 0 Å². The van der Waals surface area contributed by atoms with Crippen LogP contribution in [0.3, 0.4) is 0 Å². The lowest BCUT2D eigenvalue weighted by molar-refractivity contribution is -0.00663. The number of hydrogen-bond donors (Lipinski definition) is 0. The molecular formula is C23H36FNO. The summed E-state index contributed by atoms with van der Waals surface area (Å²) in [5.74, 6) is 1.52. The summed E-state index contributed by atoms with van der Waals surface area (Å²) in [5.41, 5.74) is 0. The van der Waals surface area contributed by atoms with Crippen LogP contribution in [0.4, 0.5) is 4.39 Å². The molecule has 2 nitrogen and oxygen atoms in total. The molecule has 2 rings (SSSR count). The second-order valence-corrected chi connectivity index (χ2v) is 8.26. The maximum absolute atomic E-state index is 12.8. The van der Waals surface area contributed by atoms with E-state index in [9.17, 15) is 4.39 Å². The summed E-state index contributed by atoms with van der Waals surface area (Å²) in [6.07, 6.45) is 20.9. The molecule has 146 valence electrons. The van der Waals surface area contributed by atoms with Gasteiger partial charge >= 0.3 is 0 Å². The number of rotatable bonds is 9. The molecule has 2 saturated carbocycles. The van der Waals surface area contributed by atoms with Gasteiger partial charge in [-0.05, 0) is 62.4 Å². The Kier molecular flexibility index (Phi) is 10.00. The predicted octanol–water partition coefficient (Wildman–Crippen LogP) is 6.88. The fourth-order valence-corrected chi connectivity index (χ4v) is 4.42. The van der Waals surface area contributed by atoms with E-state index in [1.165, 1.54) is 63.5 Å². The maximum atomic E-state index is 12.8. The van der Waals surface area contributed by atoms with Crippen molar-refractivity contribution in [1.82, 2.24) is 0 Å². The molecule has 3 heteroatoms. The Labute approximate surface area is 159 Å². The summed E-state index contributed by atoms with van der Waals surface area (Å²) in [5, 5.41) is 8.39. The van der Waals surface area contributed by atoms with Crippen molar-refractivity contribution in [2.45, 2.75) is 90.1 Å². The van der Waals surface area contributed by atoms with Crippen LogP contribution in [-0.4, -0.2) is 12.7 Å². The zero-order chi connectivity index (χ0) is 18.6. The van der Waals surface area contributed by atoms with Crippen molar-refractivity contribution in [2.24, 2.45) is 17.8 Å². The van der Waals surface area contributed by atoms with Crippen LogP contribution in [0.2, 0.25) is 0 Å². The highest BCUT2D eigenvalue weighted by Crippen LogP contribution is 2.33. The first-order valence-corrected chi connectivity index (χ1v) is 10.8. The Balaban J connectivity index is 1.56. The second-order valence-electron chi connectivity index (χ2n) is 8.26. The van der Waals surface area contributed by atoms with Crippen molar-refractivity contribution in [2.75, 3.05) is 6.61 Å². The van der Waals surface area contributed by atoms with Crippen LogP contribution in [0.25, 0.3) is 0 Å². The van der Waals surface area contributed by atoms with Gasteiger partial charge in [-0.3, -0.25) is 0 Å². The lowest BCUT2D eigenvalue weighted by Gasteiger charge is -2.31. The lowest BCUT2D eigenvalue weighted by atomic mass is 9.80. The molecule has 0 aromatic carbocycles. The van der Waals surface area contributed by atoms with Gasteiger partial charge in [0.25, 0.3) is 0 Å². The van der Waals surface area contributed by atoms with E-state index in [-0.39, 0.29) is 0 Å². The molecular weight excluding hydrogens is 325 g/mol. The topological polar surface area (TPSA) is 33.0 Å². The molecule has 0 aromatic rings. The summed E-state index contributed by atoms with van der Waals surface area (Å²) in [4.78, 5) is 0. The van der Waals surface area contributed by atoms with Gasteiger partial charge in [-0.2, -0.15) is 9.65 Å². The van der Waals surface area contributed by atoms with Crippen LogP contribution in [-0.2, 0) is 4.74 Å². The Morgan fingerprint density at radius 2 is 1.73 bits per heavy atom. The van der Waals surface area contributed by atoms with Gasteiger partial charge < -0.3 is 4.74 Å². The first kappa shape index (κ1) is 21.2. The minimum absolute atomic E-state index is 0.410. The number of nitriles is 1. The highest BCUT2D eigenvalue weighted by atomic mass is 19.1. The summed E-state index contributed by atoms with van der Waals surface area (Å²) < 4.78 is 19.0. The Morgan fingerprint density at radius 3 is 2.38 bits per heavy atom. The van der Waals surface area contributed by atoms with Crippen LogP contribution >= 0.6 is 0 Å². The summed E-state index contributed by atoms with van der Waals surface area (Å²) in [6.45, 7) is 3.23. The van der Waals surface area contributed by atoms with Crippen molar-refractivity contribution < 1.29 is 9.13 Å². The third-order valence-corrected chi connectivity index (χ3v) is 6.20. The van der Waals surface area contributed by atoms with E-state index in [1.54, 1.807) is 6.08 Å². The van der Waals surface area contributed by atoms with Crippen molar-refractivity contribution in [1.29, 1.82) is 5.26 Å². The first-order valence-electron chi connectivity index (χ1n) is 10.8. The van der Waals surface area contributed by atoms with Gasteiger partial charge in [0, 0.05) is 6.61 Å². The maximum Gasteiger partial charge on any atom is 0.199 e. The molecule has 0 aromatic heterocycles. The average molecular weight is 362 g/mol. The molecule has 2 aliphatic carbocycles. The largest absolute Gasteiger partial charge is 0.378 e. The monoisotopic (exact) mass is 361 g/mol. The number of hydrogen-bond acceptors (Lipinski definition) is 2. The van der Waals surface area contributed by atoms with E-state index in [0.717, 1.165) is 44.1 Å². The van der Waals surface area contributed by atoms with Gasteiger partial charge in [0.15, 0.2) is 5.83 Å². The van der Waals surface area contributed by atoms with Gasteiger partial charge in [-0.1, -0.05) is 57.6 Å². The minimum atomic E-state index is -0.724. The molecule has 2 aliphatic rings. The normalized spacial score (nSPS) is 30.4. The number of halogens is 1. The zero-order valence-corrected chi connectivity index (χ0v) is 16.5. The first-order chi connectivity index (χ1) is 12.7. The van der Waals surface area contributed by atoms with Gasteiger partial charge in [-0.25, -0.2) is 0 Å². The van der Waals surface area contributed by atoms with Crippen LogP contribution in [0.15, 0.2) is 24.1 Å². The Morgan fingerprint density at radius 1 is 1.04 bits per heavy atom. The van der Waals surface area contributed by atoms with E-state index in [0.29, 0.717) is 12.0 Å². The molecule has 0 N–H and O–H groups in total. The van der Waals surface area contributed by atoms with Crippen LogP contribution < -0.4 is 0 Å². The molecule has 26 heavy (non-hydrogen) atoms.